The summed E-state index contributed by atoms with van der Waals surface area (Å²) in [5.41, 5.74) is 1.20. The first-order chi connectivity index (χ1) is 9.56. The zero-order valence-corrected chi connectivity index (χ0v) is 13.2. The van der Waals surface area contributed by atoms with Crippen LogP contribution < -0.4 is 5.32 Å². The molecule has 5 nitrogen and oxygen atoms in total. The van der Waals surface area contributed by atoms with Crippen LogP contribution in [-0.4, -0.2) is 26.3 Å². The van der Waals surface area contributed by atoms with Crippen LogP contribution in [0.25, 0.3) is 0 Å². The highest BCUT2D eigenvalue weighted by Crippen LogP contribution is 2.23. The van der Waals surface area contributed by atoms with Crippen LogP contribution in [0.1, 0.15) is 25.2 Å². The highest BCUT2D eigenvalue weighted by Gasteiger charge is 2.07. The lowest BCUT2D eigenvalue weighted by Crippen LogP contribution is -2.18. The summed E-state index contributed by atoms with van der Waals surface area (Å²) >= 11 is 1.53. The molecule has 0 amide bonds. The number of nitrogens with zero attached hydrogens (tertiary/aromatic N) is 4. The molecule has 0 aromatic carbocycles. The number of aryl methyl sites for hydroxylation is 1. The smallest absolute Gasteiger partial charge is 0.197 e. The highest BCUT2D eigenvalue weighted by molar-refractivity contribution is 7.99. The van der Waals surface area contributed by atoms with Gasteiger partial charge in [-0.1, -0.05) is 19.9 Å². The molecular weight excluding hydrogens is 270 g/mol. The molecule has 0 aliphatic rings. The lowest BCUT2D eigenvalue weighted by atomic mass is 10.2. The van der Waals surface area contributed by atoms with Crippen molar-refractivity contribution in [1.82, 2.24) is 25.1 Å². The molecule has 2 aromatic heterocycles. The number of hydrogen-bond donors (Lipinski definition) is 1. The normalized spacial score (nSPS) is 11.2. The van der Waals surface area contributed by atoms with Gasteiger partial charge in [-0.15, -0.1) is 10.2 Å². The molecule has 2 heterocycles. The van der Waals surface area contributed by atoms with E-state index in [-0.39, 0.29) is 0 Å². The molecule has 0 atom stereocenters. The molecule has 6 heteroatoms. The Balaban J connectivity index is 1.93. The van der Waals surface area contributed by atoms with Crippen molar-refractivity contribution in [3.63, 3.8) is 0 Å². The molecule has 1 N–H and O–H groups in total. The topological polar surface area (TPSA) is 55.6 Å². The van der Waals surface area contributed by atoms with Gasteiger partial charge in [-0.05, 0) is 42.8 Å². The molecule has 0 bridgehead atoms. The SMILES string of the molecule is Cc1nnc(Sc2ccc(CNCC(C)C)cn2)n1C. The summed E-state index contributed by atoms with van der Waals surface area (Å²) in [7, 11) is 1.96. The van der Waals surface area contributed by atoms with E-state index in [1.807, 2.05) is 30.8 Å². The molecule has 20 heavy (non-hydrogen) atoms. The van der Waals surface area contributed by atoms with Gasteiger partial charge in [-0.2, -0.15) is 0 Å². The van der Waals surface area contributed by atoms with Gasteiger partial charge in [0.25, 0.3) is 0 Å². The van der Waals surface area contributed by atoms with Crippen molar-refractivity contribution in [3.8, 4) is 0 Å². The van der Waals surface area contributed by atoms with E-state index in [9.17, 15) is 0 Å². The molecule has 0 radical (unpaired) electrons. The first-order valence-corrected chi connectivity index (χ1v) is 7.57. The number of rotatable bonds is 6. The van der Waals surface area contributed by atoms with E-state index < -0.39 is 0 Å². The Morgan fingerprint density at radius 1 is 1.30 bits per heavy atom. The number of hydrogen-bond acceptors (Lipinski definition) is 5. The zero-order valence-electron chi connectivity index (χ0n) is 12.4. The molecule has 0 saturated carbocycles. The second-order valence-corrected chi connectivity index (χ2v) is 6.21. The summed E-state index contributed by atoms with van der Waals surface area (Å²) in [5.74, 6) is 1.57. The Hall–Kier alpha value is -1.40. The minimum Gasteiger partial charge on any atom is -0.312 e. The first-order valence-electron chi connectivity index (χ1n) is 6.75. The maximum Gasteiger partial charge on any atom is 0.197 e. The summed E-state index contributed by atoms with van der Waals surface area (Å²) < 4.78 is 1.96. The summed E-state index contributed by atoms with van der Waals surface area (Å²) in [6.07, 6.45) is 1.92. The standard InChI is InChI=1S/C14H21N5S/c1-10(2)7-15-8-12-5-6-13(16-9-12)20-14-18-17-11(3)19(14)4/h5-6,9-10,15H,7-8H2,1-4H3. The van der Waals surface area contributed by atoms with Crippen LogP contribution in [0.15, 0.2) is 28.5 Å². The van der Waals surface area contributed by atoms with E-state index in [1.165, 1.54) is 17.3 Å². The van der Waals surface area contributed by atoms with Crippen LogP contribution in [-0.2, 0) is 13.6 Å². The van der Waals surface area contributed by atoms with E-state index in [0.29, 0.717) is 5.92 Å². The van der Waals surface area contributed by atoms with E-state index in [4.69, 9.17) is 0 Å². The van der Waals surface area contributed by atoms with Crippen molar-refractivity contribution in [3.05, 3.63) is 29.7 Å². The fourth-order valence-electron chi connectivity index (χ4n) is 1.65. The number of nitrogens with one attached hydrogen (secondary N) is 1. The molecular formula is C14H21N5S. The molecule has 0 fully saturated rings. The van der Waals surface area contributed by atoms with E-state index in [1.54, 1.807) is 0 Å². The van der Waals surface area contributed by atoms with Gasteiger partial charge in [0.2, 0.25) is 0 Å². The van der Waals surface area contributed by atoms with Gasteiger partial charge >= 0.3 is 0 Å². The van der Waals surface area contributed by atoms with Gasteiger partial charge in [-0.25, -0.2) is 4.98 Å². The summed E-state index contributed by atoms with van der Waals surface area (Å²) in [4.78, 5) is 4.46. The van der Waals surface area contributed by atoms with Crippen LogP contribution in [0.2, 0.25) is 0 Å². The summed E-state index contributed by atoms with van der Waals surface area (Å²) in [6.45, 7) is 8.23. The quantitative estimate of drug-likeness (QED) is 0.886. The predicted octanol–water partition coefficient (Wildman–Crippen LogP) is 2.42. The van der Waals surface area contributed by atoms with Gasteiger partial charge in [0.05, 0.1) is 0 Å². The number of pyridine rings is 1. The lowest BCUT2D eigenvalue weighted by molar-refractivity contribution is 0.551. The molecule has 2 aromatic rings. The molecule has 108 valence electrons. The fraction of sp³-hybridized carbons (Fsp3) is 0.500. The lowest BCUT2D eigenvalue weighted by Gasteiger charge is -2.07. The average molecular weight is 291 g/mol. The average Bonchev–Trinajstić information content (AvgIpc) is 2.72. The van der Waals surface area contributed by atoms with E-state index >= 15 is 0 Å². The third-order valence-corrected chi connectivity index (χ3v) is 3.92. The third kappa shape index (κ3) is 4.05. The van der Waals surface area contributed by atoms with Gasteiger partial charge in [0, 0.05) is 19.8 Å². The highest BCUT2D eigenvalue weighted by atomic mass is 32.2. The Morgan fingerprint density at radius 2 is 2.10 bits per heavy atom. The largest absolute Gasteiger partial charge is 0.312 e. The minimum absolute atomic E-state index is 0.664. The van der Waals surface area contributed by atoms with Crippen LogP contribution in [0.4, 0.5) is 0 Å². The Bertz CT molecular complexity index is 547. The van der Waals surface area contributed by atoms with E-state index in [0.717, 1.165) is 29.1 Å². The van der Waals surface area contributed by atoms with Crippen molar-refractivity contribution in [2.45, 2.75) is 37.5 Å². The van der Waals surface area contributed by atoms with Crippen LogP contribution in [0, 0.1) is 12.8 Å². The van der Waals surface area contributed by atoms with Crippen molar-refractivity contribution < 1.29 is 0 Å². The minimum atomic E-state index is 0.664. The van der Waals surface area contributed by atoms with Crippen molar-refractivity contribution in [2.75, 3.05) is 6.54 Å². The van der Waals surface area contributed by atoms with Gasteiger partial charge < -0.3 is 9.88 Å². The Kier molecular flexibility index (Phi) is 5.14. The molecule has 0 aliphatic heterocycles. The monoisotopic (exact) mass is 291 g/mol. The van der Waals surface area contributed by atoms with Crippen LogP contribution in [0.3, 0.4) is 0 Å². The maximum absolute atomic E-state index is 4.46. The fourth-order valence-corrected chi connectivity index (χ4v) is 2.43. The molecule has 2 rings (SSSR count). The van der Waals surface area contributed by atoms with Gasteiger partial charge in [0.1, 0.15) is 10.9 Å². The van der Waals surface area contributed by atoms with Crippen molar-refractivity contribution >= 4 is 11.8 Å². The maximum atomic E-state index is 4.46. The second kappa shape index (κ2) is 6.85. The van der Waals surface area contributed by atoms with E-state index in [2.05, 4.69) is 40.4 Å². The van der Waals surface area contributed by atoms with Crippen molar-refractivity contribution in [1.29, 1.82) is 0 Å². The Morgan fingerprint density at radius 3 is 2.65 bits per heavy atom. The van der Waals surface area contributed by atoms with Crippen molar-refractivity contribution in [2.24, 2.45) is 13.0 Å². The molecule has 0 saturated heterocycles. The molecule has 0 aliphatic carbocycles. The second-order valence-electron chi connectivity index (χ2n) is 5.22. The predicted molar refractivity (Wildman–Crippen MR) is 80.6 cm³/mol. The molecule has 0 unspecified atom stereocenters. The Labute approximate surface area is 124 Å². The summed E-state index contributed by atoms with van der Waals surface area (Å²) in [5, 5.41) is 13.4. The zero-order chi connectivity index (χ0) is 14.5. The van der Waals surface area contributed by atoms with Crippen LogP contribution in [0.5, 0.6) is 0 Å². The summed E-state index contributed by atoms with van der Waals surface area (Å²) in [6, 6.07) is 4.13. The van der Waals surface area contributed by atoms with Gasteiger partial charge in [-0.3, -0.25) is 0 Å². The molecule has 0 spiro atoms. The van der Waals surface area contributed by atoms with Gasteiger partial charge in [0.15, 0.2) is 5.16 Å². The van der Waals surface area contributed by atoms with Crippen LogP contribution >= 0.6 is 11.8 Å². The number of aromatic nitrogens is 4. The third-order valence-electron chi connectivity index (χ3n) is 2.93. The first kappa shape index (κ1) is 15.0.